The van der Waals surface area contributed by atoms with Crippen molar-refractivity contribution in [2.24, 2.45) is 0 Å². The second kappa shape index (κ2) is 9.01. The lowest BCUT2D eigenvalue weighted by molar-refractivity contribution is 0.0703. The average molecular weight is 403 g/mol. The van der Waals surface area contributed by atoms with Crippen LogP contribution in [0.5, 0.6) is 5.75 Å². The molecule has 0 bridgehead atoms. The number of hydrogen-bond donors (Lipinski definition) is 0. The van der Waals surface area contributed by atoms with Crippen molar-refractivity contribution >= 4 is 23.4 Å². The highest BCUT2D eigenvalue weighted by atomic mass is 35.5. The topological polar surface area (TPSA) is 75.6 Å². The van der Waals surface area contributed by atoms with E-state index in [2.05, 4.69) is 9.97 Å². The third kappa shape index (κ3) is 4.78. The van der Waals surface area contributed by atoms with E-state index >= 15 is 0 Å². The molecule has 7 nitrogen and oxygen atoms in total. The molecule has 2 aromatic rings. The third-order valence-electron chi connectivity index (χ3n) is 4.62. The first-order chi connectivity index (χ1) is 13.5. The van der Waals surface area contributed by atoms with Gasteiger partial charge in [0, 0.05) is 37.6 Å². The van der Waals surface area contributed by atoms with Crippen molar-refractivity contribution in [1.29, 1.82) is 0 Å². The van der Waals surface area contributed by atoms with E-state index in [1.54, 1.807) is 54.4 Å². The molecule has 1 aliphatic rings. The molecule has 0 saturated carbocycles. The Labute approximate surface area is 169 Å². The maximum atomic E-state index is 12.8. The van der Waals surface area contributed by atoms with Crippen molar-refractivity contribution in [3.05, 3.63) is 52.6 Å². The van der Waals surface area contributed by atoms with Crippen molar-refractivity contribution < 1.29 is 14.3 Å². The first-order valence-corrected chi connectivity index (χ1v) is 9.59. The molecule has 1 aromatic heterocycles. The summed E-state index contributed by atoms with van der Waals surface area (Å²) in [6, 6.07) is 5.00. The Balaban J connectivity index is 1.80. The molecule has 0 unspecified atom stereocenters. The van der Waals surface area contributed by atoms with E-state index in [1.807, 2.05) is 0 Å². The Morgan fingerprint density at radius 2 is 1.86 bits per heavy atom. The molecule has 0 N–H and O–H groups in total. The van der Waals surface area contributed by atoms with Gasteiger partial charge in [-0.25, -0.2) is 9.97 Å². The molecule has 3 rings (SSSR count). The predicted octanol–water partition coefficient (Wildman–Crippen LogP) is 2.83. The second-order valence-corrected chi connectivity index (χ2v) is 7.17. The molecule has 8 heteroatoms. The van der Waals surface area contributed by atoms with Crippen LogP contribution in [0.15, 0.2) is 30.6 Å². The molecule has 28 heavy (non-hydrogen) atoms. The summed E-state index contributed by atoms with van der Waals surface area (Å²) in [5, 5.41) is 0.479. The van der Waals surface area contributed by atoms with Gasteiger partial charge >= 0.3 is 0 Å². The Morgan fingerprint density at radius 3 is 2.61 bits per heavy atom. The number of rotatable bonds is 1. The molecule has 0 radical (unpaired) electrons. The lowest BCUT2D eigenvalue weighted by Crippen LogP contribution is -2.37. The minimum absolute atomic E-state index is 0.122. The largest absolute Gasteiger partial charge is 0.491 e. The van der Waals surface area contributed by atoms with Crippen LogP contribution in [-0.2, 0) is 0 Å². The standard InChI is InChI=1S/C20H23ClN4O3/c1-14-22-12-15(13-23-14)19(26)25-8-4-3-7-24(2)20(27)17-11-16(21)5-6-18(17)28-10-9-25/h5-6,11-13H,3-4,7-10H2,1-2H3. The van der Waals surface area contributed by atoms with Crippen molar-refractivity contribution in [1.82, 2.24) is 19.8 Å². The molecular formula is C20H23ClN4O3. The molecule has 0 fully saturated rings. The van der Waals surface area contributed by atoms with E-state index in [1.165, 1.54) is 0 Å². The van der Waals surface area contributed by atoms with Crippen LogP contribution < -0.4 is 4.74 Å². The van der Waals surface area contributed by atoms with Gasteiger partial charge in [-0.15, -0.1) is 0 Å². The first-order valence-electron chi connectivity index (χ1n) is 9.21. The Kier molecular flexibility index (Phi) is 6.46. The van der Waals surface area contributed by atoms with Crippen LogP contribution in [0.1, 0.15) is 39.4 Å². The van der Waals surface area contributed by atoms with E-state index in [0.717, 1.165) is 12.8 Å². The minimum Gasteiger partial charge on any atom is -0.491 e. The molecule has 2 amide bonds. The number of ether oxygens (including phenoxy) is 1. The SMILES string of the molecule is Cc1ncc(C(=O)N2CCCCN(C)C(=O)c3cc(Cl)ccc3OCC2)cn1. The fourth-order valence-corrected chi connectivity index (χ4v) is 3.19. The average Bonchev–Trinajstić information content (AvgIpc) is 2.69. The zero-order chi connectivity index (χ0) is 20.1. The van der Waals surface area contributed by atoms with Gasteiger partial charge in [0.2, 0.25) is 0 Å². The fourth-order valence-electron chi connectivity index (χ4n) is 3.02. The highest BCUT2D eigenvalue weighted by Crippen LogP contribution is 2.25. The predicted molar refractivity (Wildman–Crippen MR) is 106 cm³/mol. The van der Waals surface area contributed by atoms with Crippen LogP contribution in [0.3, 0.4) is 0 Å². The smallest absolute Gasteiger partial charge is 0.257 e. The molecule has 0 aliphatic carbocycles. The summed E-state index contributed by atoms with van der Waals surface area (Å²) in [4.78, 5) is 37.2. The van der Waals surface area contributed by atoms with Crippen LogP contribution in [0.25, 0.3) is 0 Å². The van der Waals surface area contributed by atoms with Crippen molar-refractivity contribution in [3.63, 3.8) is 0 Å². The second-order valence-electron chi connectivity index (χ2n) is 6.73. The van der Waals surface area contributed by atoms with Gasteiger partial charge in [-0.2, -0.15) is 0 Å². The first kappa shape index (κ1) is 20.1. The van der Waals surface area contributed by atoms with Gasteiger partial charge in [-0.05, 0) is 38.0 Å². The highest BCUT2D eigenvalue weighted by molar-refractivity contribution is 6.31. The molecule has 1 aromatic carbocycles. The number of aromatic nitrogens is 2. The van der Waals surface area contributed by atoms with Gasteiger partial charge in [0.1, 0.15) is 18.2 Å². The summed E-state index contributed by atoms with van der Waals surface area (Å²) < 4.78 is 5.84. The lowest BCUT2D eigenvalue weighted by atomic mass is 10.1. The Hall–Kier alpha value is -2.67. The number of hydrogen-bond acceptors (Lipinski definition) is 5. The number of carbonyl (C=O) groups excluding carboxylic acids is 2. The zero-order valence-electron chi connectivity index (χ0n) is 16.0. The maximum absolute atomic E-state index is 12.8. The van der Waals surface area contributed by atoms with E-state index in [-0.39, 0.29) is 18.4 Å². The lowest BCUT2D eigenvalue weighted by Gasteiger charge is -2.25. The van der Waals surface area contributed by atoms with Gasteiger partial charge in [0.05, 0.1) is 17.7 Å². The summed E-state index contributed by atoms with van der Waals surface area (Å²) in [6.07, 6.45) is 4.66. The number of fused-ring (bicyclic) bond motifs is 1. The van der Waals surface area contributed by atoms with Crippen LogP contribution in [0, 0.1) is 6.92 Å². The number of nitrogens with zero attached hydrogens (tertiary/aromatic N) is 4. The number of benzene rings is 1. The molecule has 2 heterocycles. The van der Waals surface area contributed by atoms with E-state index in [4.69, 9.17) is 16.3 Å². The number of amides is 2. The number of aryl methyl sites for hydroxylation is 1. The summed E-state index contributed by atoms with van der Waals surface area (Å²) in [7, 11) is 1.76. The molecular weight excluding hydrogens is 380 g/mol. The molecule has 1 aliphatic heterocycles. The summed E-state index contributed by atoms with van der Waals surface area (Å²) in [6.45, 7) is 3.61. The van der Waals surface area contributed by atoms with Gasteiger partial charge in [-0.1, -0.05) is 11.6 Å². The molecule has 0 spiro atoms. The summed E-state index contributed by atoms with van der Waals surface area (Å²) in [5.41, 5.74) is 0.887. The van der Waals surface area contributed by atoms with Gasteiger partial charge < -0.3 is 14.5 Å². The fraction of sp³-hybridized carbons (Fsp3) is 0.400. The Bertz CT molecular complexity index is 857. The van der Waals surface area contributed by atoms with Crippen LogP contribution in [0.2, 0.25) is 5.02 Å². The van der Waals surface area contributed by atoms with Gasteiger partial charge in [-0.3, -0.25) is 9.59 Å². The van der Waals surface area contributed by atoms with E-state index in [9.17, 15) is 9.59 Å². The van der Waals surface area contributed by atoms with Crippen molar-refractivity contribution in [2.45, 2.75) is 19.8 Å². The third-order valence-corrected chi connectivity index (χ3v) is 4.86. The summed E-state index contributed by atoms with van der Waals surface area (Å²) in [5.74, 6) is 0.841. The zero-order valence-corrected chi connectivity index (χ0v) is 16.8. The van der Waals surface area contributed by atoms with E-state index in [0.29, 0.717) is 47.4 Å². The number of halogens is 1. The quantitative estimate of drug-likeness (QED) is 0.733. The van der Waals surface area contributed by atoms with Crippen LogP contribution in [0.4, 0.5) is 0 Å². The van der Waals surface area contributed by atoms with Crippen molar-refractivity contribution in [2.75, 3.05) is 33.3 Å². The normalized spacial score (nSPS) is 15.9. The van der Waals surface area contributed by atoms with Crippen LogP contribution >= 0.6 is 11.6 Å². The number of carbonyl (C=O) groups is 2. The van der Waals surface area contributed by atoms with Gasteiger partial charge in [0.15, 0.2) is 0 Å². The van der Waals surface area contributed by atoms with E-state index < -0.39 is 0 Å². The van der Waals surface area contributed by atoms with Crippen LogP contribution in [-0.4, -0.2) is 64.9 Å². The monoisotopic (exact) mass is 402 g/mol. The maximum Gasteiger partial charge on any atom is 0.257 e. The molecule has 148 valence electrons. The molecule has 0 atom stereocenters. The van der Waals surface area contributed by atoms with Gasteiger partial charge in [0.25, 0.3) is 11.8 Å². The van der Waals surface area contributed by atoms with Crippen molar-refractivity contribution in [3.8, 4) is 5.75 Å². The highest BCUT2D eigenvalue weighted by Gasteiger charge is 2.21. The molecule has 0 saturated heterocycles. The summed E-state index contributed by atoms with van der Waals surface area (Å²) >= 11 is 6.07. The Morgan fingerprint density at radius 1 is 1.14 bits per heavy atom. The minimum atomic E-state index is -0.124.